The third-order valence-corrected chi connectivity index (χ3v) is 4.28. The summed E-state index contributed by atoms with van der Waals surface area (Å²) in [5.41, 5.74) is 0. The minimum absolute atomic E-state index is 0.0950. The van der Waals surface area contributed by atoms with Gasteiger partial charge in [0.15, 0.2) is 0 Å². The van der Waals surface area contributed by atoms with Crippen molar-refractivity contribution in [2.45, 2.75) is 45.6 Å². The molecule has 0 bridgehead atoms. The molecule has 0 saturated heterocycles. The zero-order valence-electron chi connectivity index (χ0n) is 12.2. The minimum atomic E-state index is -0.839. The van der Waals surface area contributed by atoms with Crippen LogP contribution in [0.4, 0.5) is 0 Å². The molecule has 3 atom stereocenters. The number of carbonyl (C=O) groups is 2. The molecule has 1 rings (SSSR count). The van der Waals surface area contributed by atoms with Crippen LogP contribution in [0.5, 0.6) is 0 Å². The summed E-state index contributed by atoms with van der Waals surface area (Å²) >= 11 is 0. The first kappa shape index (κ1) is 16.0. The van der Waals surface area contributed by atoms with Gasteiger partial charge in [0.1, 0.15) is 0 Å². The van der Waals surface area contributed by atoms with E-state index in [9.17, 15) is 9.59 Å². The lowest BCUT2D eigenvalue weighted by atomic mass is 9.95. The lowest BCUT2D eigenvalue weighted by Gasteiger charge is -2.24. The number of amides is 1. The Morgan fingerprint density at radius 3 is 2.58 bits per heavy atom. The predicted molar refractivity (Wildman–Crippen MR) is 73.9 cm³/mol. The molecule has 1 aliphatic rings. The van der Waals surface area contributed by atoms with Crippen molar-refractivity contribution in [1.82, 2.24) is 10.2 Å². The van der Waals surface area contributed by atoms with Gasteiger partial charge in [-0.25, -0.2) is 0 Å². The fraction of sp³-hybridized carbons (Fsp3) is 0.857. The van der Waals surface area contributed by atoms with Gasteiger partial charge in [-0.2, -0.15) is 0 Å². The fourth-order valence-corrected chi connectivity index (χ4v) is 2.59. The monoisotopic (exact) mass is 270 g/mol. The molecule has 1 amide bonds. The number of carbonyl (C=O) groups excluding carboxylic acids is 1. The Labute approximate surface area is 115 Å². The molecule has 0 aliphatic heterocycles. The third kappa shape index (κ3) is 4.49. The van der Waals surface area contributed by atoms with Crippen molar-refractivity contribution < 1.29 is 14.7 Å². The number of hydrogen-bond donors (Lipinski definition) is 2. The number of aliphatic carboxylic acids is 1. The molecule has 0 spiro atoms. The zero-order chi connectivity index (χ0) is 14.4. The third-order valence-electron chi connectivity index (χ3n) is 4.28. The van der Waals surface area contributed by atoms with Crippen molar-refractivity contribution in [2.24, 2.45) is 11.8 Å². The van der Waals surface area contributed by atoms with Gasteiger partial charge in [-0.05, 0) is 33.2 Å². The summed E-state index contributed by atoms with van der Waals surface area (Å²) in [5, 5.41) is 11.9. The molecule has 2 N–H and O–H groups in total. The van der Waals surface area contributed by atoms with E-state index >= 15 is 0 Å². The molecule has 1 fully saturated rings. The van der Waals surface area contributed by atoms with Gasteiger partial charge in [-0.3, -0.25) is 9.59 Å². The quantitative estimate of drug-likeness (QED) is 0.732. The molecule has 1 aliphatic carbocycles. The second kappa shape index (κ2) is 7.48. The average Bonchev–Trinajstić information content (AvgIpc) is 2.86. The number of likely N-dealkylation sites (N-methyl/N-ethyl adjacent to an activating group) is 1. The maximum Gasteiger partial charge on any atom is 0.307 e. The van der Waals surface area contributed by atoms with Crippen molar-refractivity contribution in [3.63, 3.8) is 0 Å². The van der Waals surface area contributed by atoms with Crippen LogP contribution in [0.15, 0.2) is 0 Å². The van der Waals surface area contributed by atoms with Gasteiger partial charge < -0.3 is 15.3 Å². The van der Waals surface area contributed by atoms with Crippen LogP contribution in [0, 0.1) is 11.8 Å². The van der Waals surface area contributed by atoms with Gasteiger partial charge >= 0.3 is 5.97 Å². The van der Waals surface area contributed by atoms with Crippen molar-refractivity contribution in [3.05, 3.63) is 0 Å². The average molecular weight is 270 g/mol. The van der Waals surface area contributed by atoms with Crippen LogP contribution in [-0.4, -0.2) is 48.1 Å². The van der Waals surface area contributed by atoms with Crippen LogP contribution in [0.1, 0.15) is 39.5 Å². The fourth-order valence-electron chi connectivity index (χ4n) is 2.59. The summed E-state index contributed by atoms with van der Waals surface area (Å²) in [6.45, 7) is 5.67. The highest BCUT2D eigenvalue weighted by molar-refractivity contribution is 5.85. The summed E-state index contributed by atoms with van der Waals surface area (Å²) in [6.07, 6.45) is 3.24. The highest BCUT2D eigenvalue weighted by atomic mass is 16.4. The highest BCUT2D eigenvalue weighted by Crippen LogP contribution is 2.31. The van der Waals surface area contributed by atoms with Gasteiger partial charge in [-0.15, -0.1) is 0 Å². The van der Waals surface area contributed by atoms with E-state index in [2.05, 4.69) is 24.1 Å². The van der Waals surface area contributed by atoms with Gasteiger partial charge in [0.2, 0.25) is 5.91 Å². The number of hydrogen-bond acceptors (Lipinski definition) is 3. The number of rotatable bonds is 7. The Hall–Kier alpha value is -1.10. The van der Waals surface area contributed by atoms with E-state index in [4.69, 9.17) is 5.11 Å². The largest absolute Gasteiger partial charge is 0.481 e. The summed E-state index contributed by atoms with van der Waals surface area (Å²) in [5.74, 6) is -1.77. The van der Waals surface area contributed by atoms with E-state index in [-0.39, 0.29) is 11.8 Å². The molecule has 110 valence electrons. The van der Waals surface area contributed by atoms with Gasteiger partial charge in [0.05, 0.1) is 11.8 Å². The Balaban J connectivity index is 2.33. The second-order valence-electron chi connectivity index (χ2n) is 5.51. The molecule has 0 aromatic rings. The standard InChI is InChI=1S/C14H26N2O3/c1-4-10(2)16(3)9-8-15-13(17)11-6-5-7-12(11)14(18)19/h10-12H,4-9H2,1-3H3,(H,15,17)(H,18,19). The van der Waals surface area contributed by atoms with E-state index in [1.165, 1.54) is 0 Å². The number of carboxylic acid groups (broad SMARTS) is 1. The topological polar surface area (TPSA) is 69.6 Å². The first-order chi connectivity index (χ1) is 8.97. The normalized spacial score (nSPS) is 24.4. The van der Waals surface area contributed by atoms with Crippen LogP contribution >= 0.6 is 0 Å². The van der Waals surface area contributed by atoms with Crippen LogP contribution < -0.4 is 5.32 Å². The maximum absolute atomic E-state index is 12.0. The molecular weight excluding hydrogens is 244 g/mol. The molecule has 5 heteroatoms. The molecule has 19 heavy (non-hydrogen) atoms. The van der Waals surface area contributed by atoms with Crippen LogP contribution in [0.2, 0.25) is 0 Å². The smallest absolute Gasteiger partial charge is 0.307 e. The molecular formula is C14H26N2O3. The van der Waals surface area contributed by atoms with E-state index in [0.29, 0.717) is 25.4 Å². The van der Waals surface area contributed by atoms with Crippen molar-refractivity contribution >= 4 is 11.9 Å². The lowest BCUT2D eigenvalue weighted by Crippen LogP contribution is -2.40. The van der Waals surface area contributed by atoms with Crippen molar-refractivity contribution in [2.75, 3.05) is 20.1 Å². The van der Waals surface area contributed by atoms with E-state index in [0.717, 1.165) is 19.4 Å². The van der Waals surface area contributed by atoms with Crippen molar-refractivity contribution in [1.29, 1.82) is 0 Å². The Morgan fingerprint density at radius 2 is 2.00 bits per heavy atom. The molecule has 1 saturated carbocycles. The molecule has 0 radical (unpaired) electrons. The Morgan fingerprint density at radius 1 is 1.37 bits per heavy atom. The summed E-state index contributed by atoms with van der Waals surface area (Å²) in [4.78, 5) is 25.2. The minimum Gasteiger partial charge on any atom is -0.481 e. The van der Waals surface area contributed by atoms with Crippen LogP contribution in [0.3, 0.4) is 0 Å². The number of nitrogens with zero attached hydrogens (tertiary/aromatic N) is 1. The van der Waals surface area contributed by atoms with Crippen molar-refractivity contribution in [3.8, 4) is 0 Å². The van der Waals surface area contributed by atoms with E-state index < -0.39 is 11.9 Å². The summed E-state index contributed by atoms with van der Waals surface area (Å²) < 4.78 is 0. The molecule has 0 aromatic carbocycles. The SMILES string of the molecule is CCC(C)N(C)CCNC(=O)C1CCCC1C(=O)O. The first-order valence-corrected chi connectivity index (χ1v) is 7.18. The highest BCUT2D eigenvalue weighted by Gasteiger charge is 2.37. The van der Waals surface area contributed by atoms with Gasteiger partial charge in [0.25, 0.3) is 0 Å². The molecule has 0 heterocycles. The summed E-state index contributed by atoms with van der Waals surface area (Å²) in [6, 6.07) is 0.496. The predicted octanol–water partition coefficient (Wildman–Crippen LogP) is 1.33. The first-order valence-electron chi connectivity index (χ1n) is 7.18. The number of carboxylic acids is 1. The molecule has 5 nitrogen and oxygen atoms in total. The van der Waals surface area contributed by atoms with E-state index in [1.807, 2.05) is 7.05 Å². The van der Waals surface area contributed by atoms with Crippen LogP contribution in [0.25, 0.3) is 0 Å². The van der Waals surface area contributed by atoms with Gasteiger partial charge in [-0.1, -0.05) is 13.3 Å². The lowest BCUT2D eigenvalue weighted by molar-refractivity contribution is -0.146. The summed E-state index contributed by atoms with van der Waals surface area (Å²) in [7, 11) is 2.04. The molecule has 0 aromatic heterocycles. The van der Waals surface area contributed by atoms with E-state index in [1.54, 1.807) is 0 Å². The van der Waals surface area contributed by atoms with Gasteiger partial charge in [0, 0.05) is 19.1 Å². The molecule has 3 unspecified atom stereocenters. The maximum atomic E-state index is 12.0. The Bertz CT molecular complexity index is 320. The van der Waals surface area contributed by atoms with Crippen LogP contribution in [-0.2, 0) is 9.59 Å². The zero-order valence-corrected chi connectivity index (χ0v) is 12.2. The number of nitrogens with one attached hydrogen (secondary N) is 1. The second-order valence-corrected chi connectivity index (χ2v) is 5.51. The Kier molecular flexibility index (Phi) is 6.28.